The van der Waals surface area contributed by atoms with Gasteiger partial charge in [0.05, 0.1) is 23.4 Å². The number of carbonyl (C=O) groups excluding carboxylic acids is 1. The summed E-state index contributed by atoms with van der Waals surface area (Å²) in [5, 5.41) is 11.0. The molecule has 0 saturated heterocycles. The van der Waals surface area contributed by atoms with E-state index < -0.39 is 11.7 Å². The third kappa shape index (κ3) is 4.79. The molecule has 0 amide bonds. The molecule has 0 atom stereocenters. The van der Waals surface area contributed by atoms with Crippen molar-refractivity contribution >= 4 is 43.8 Å². The van der Waals surface area contributed by atoms with E-state index in [-0.39, 0.29) is 12.2 Å². The van der Waals surface area contributed by atoms with Crippen LogP contribution in [0.3, 0.4) is 0 Å². The summed E-state index contributed by atoms with van der Waals surface area (Å²) in [7, 11) is 0. The van der Waals surface area contributed by atoms with Crippen molar-refractivity contribution in [2.75, 3.05) is 0 Å². The molecule has 2 aromatic carbocycles. The standard InChI is InChI=1S/C23H21BrN2O4.C2H6/c1-23(2,3)30-22(29)26-19-7-4-13(12-27)8-15(19)11-20(26)17-10-14-9-16(24)5-6-18(14)25-21(17)28;1-2/h4-11,27H,12H2,1-3H3,(H,25,28);1-2H3. The van der Waals surface area contributed by atoms with Crippen LogP contribution >= 0.6 is 15.9 Å². The Bertz CT molecular complexity index is 1350. The van der Waals surface area contributed by atoms with Gasteiger partial charge in [-0.2, -0.15) is 0 Å². The average Bonchev–Trinajstić information content (AvgIpc) is 3.12. The van der Waals surface area contributed by atoms with E-state index in [1.165, 1.54) is 4.57 Å². The maximum Gasteiger partial charge on any atom is 0.419 e. The average molecular weight is 499 g/mol. The smallest absolute Gasteiger partial charge is 0.419 e. The van der Waals surface area contributed by atoms with Crippen LogP contribution in [0.5, 0.6) is 0 Å². The van der Waals surface area contributed by atoms with Crippen LogP contribution in [0.1, 0.15) is 40.2 Å². The zero-order chi connectivity index (χ0) is 23.6. The van der Waals surface area contributed by atoms with Crippen LogP contribution < -0.4 is 5.56 Å². The third-order valence-corrected chi connectivity index (χ3v) is 5.20. The number of benzene rings is 2. The van der Waals surface area contributed by atoms with E-state index in [9.17, 15) is 14.7 Å². The summed E-state index contributed by atoms with van der Waals surface area (Å²) in [5.41, 5.74) is 1.80. The van der Waals surface area contributed by atoms with Gasteiger partial charge in [0.15, 0.2) is 0 Å². The van der Waals surface area contributed by atoms with E-state index in [0.29, 0.717) is 27.9 Å². The lowest BCUT2D eigenvalue weighted by Crippen LogP contribution is -2.28. The molecular formula is C25H27BrN2O4. The number of aliphatic hydroxyl groups is 1. The second-order valence-electron chi connectivity index (χ2n) is 8.14. The maximum absolute atomic E-state index is 13.1. The summed E-state index contributed by atoms with van der Waals surface area (Å²) in [4.78, 5) is 28.9. The summed E-state index contributed by atoms with van der Waals surface area (Å²) < 4.78 is 7.91. The minimum Gasteiger partial charge on any atom is -0.443 e. The van der Waals surface area contributed by atoms with Gasteiger partial charge in [-0.25, -0.2) is 9.36 Å². The molecule has 0 aliphatic carbocycles. The van der Waals surface area contributed by atoms with Gasteiger partial charge >= 0.3 is 6.09 Å². The van der Waals surface area contributed by atoms with Crippen LogP contribution in [0.2, 0.25) is 0 Å². The molecule has 2 N–H and O–H groups in total. The first-order valence-corrected chi connectivity index (χ1v) is 11.3. The summed E-state index contributed by atoms with van der Waals surface area (Å²) in [6.07, 6.45) is -0.571. The molecule has 0 fully saturated rings. The van der Waals surface area contributed by atoms with Crippen molar-refractivity contribution in [2.24, 2.45) is 0 Å². The maximum atomic E-state index is 13.1. The Morgan fingerprint density at radius 3 is 2.44 bits per heavy atom. The number of nitrogens with zero attached hydrogens (tertiary/aromatic N) is 1. The Hall–Kier alpha value is -2.90. The number of nitrogens with one attached hydrogen (secondary N) is 1. The fourth-order valence-corrected chi connectivity index (χ4v) is 3.81. The van der Waals surface area contributed by atoms with Gasteiger partial charge in [0.2, 0.25) is 0 Å². The monoisotopic (exact) mass is 498 g/mol. The van der Waals surface area contributed by atoms with Gasteiger partial charge in [-0.3, -0.25) is 4.79 Å². The zero-order valence-electron chi connectivity index (χ0n) is 18.8. The minimum atomic E-state index is -0.698. The third-order valence-electron chi connectivity index (χ3n) is 4.71. The summed E-state index contributed by atoms with van der Waals surface area (Å²) >= 11 is 3.45. The molecule has 0 unspecified atom stereocenters. The van der Waals surface area contributed by atoms with Crippen molar-refractivity contribution in [3.05, 3.63) is 68.9 Å². The summed E-state index contributed by atoms with van der Waals surface area (Å²) in [6.45, 7) is 9.26. The Labute approximate surface area is 195 Å². The molecule has 2 heterocycles. The van der Waals surface area contributed by atoms with Crippen LogP contribution in [-0.4, -0.2) is 26.4 Å². The van der Waals surface area contributed by atoms with E-state index in [1.54, 1.807) is 51.1 Å². The van der Waals surface area contributed by atoms with E-state index >= 15 is 0 Å². The number of carbonyl (C=O) groups is 1. The molecule has 0 aliphatic heterocycles. The first kappa shape index (κ1) is 23.8. The van der Waals surface area contributed by atoms with Gasteiger partial charge in [-0.05, 0) is 68.8 Å². The van der Waals surface area contributed by atoms with E-state index in [1.807, 2.05) is 32.0 Å². The molecular weight excluding hydrogens is 472 g/mol. The zero-order valence-corrected chi connectivity index (χ0v) is 20.4. The highest BCUT2D eigenvalue weighted by atomic mass is 79.9. The number of aromatic nitrogens is 2. The largest absolute Gasteiger partial charge is 0.443 e. The second-order valence-corrected chi connectivity index (χ2v) is 9.06. The van der Waals surface area contributed by atoms with Crippen molar-refractivity contribution in [3.8, 4) is 11.3 Å². The van der Waals surface area contributed by atoms with Crippen molar-refractivity contribution in [2.45, 2.75) is 46.8 Å². The Balaban J connectivity index is 0.00000141. The summed E-state index contributed by atoms with van der Waals surface area (Å²) in [5.74, 6) is 0. The number of rotatable bonds is 2. The highest BCUT2D eigenvalue weighted by Crippen LogP contribution is 2.30. The first-order valence-electron chi connectivity index (χ1n) is 10.5. The van der Waals surface area contributed by atoms with Crippen molar-refractivity contribution < 1.29 is 14.6 Å². The molecule has 4 aromatic rings. The molecule has 168 valence electrons. The number of halogens is 1. The van der Waals surface area contributed by atoms with Gasteiger partial charge in [0, 0.05) is 20.8 Å². The molecule has 0 aliphatic rings. The van der Waals surface area contributed by atoms with Crippen LogP contribution in [0.4, 0.5) is 4.79 Å². The van der Waals surface area contributed by atoms with Gasteiger partial charge in [-0.15, -0.1) is 0 Å². The topological polar surface area (TPSA) is 84.3 Å². The lowest BCUT2D eigenvalue weighted by Gasteiger charge is -2.21. The van der Waals surface area contributed by atoms with Gasteiger partial charge < -0.3 is 14.8 Å². The predicted octanol–water partition coefficient (Wildman–Crippen LogP) is 6.21. The van der Waals surface area contributed by atoms with Crippen molar-refractivity contribution in [1.82, 2.24) is 9.55 Å². The van der Waals surface area contributed by atoms with Gasteiger partial charge in [-0.1, -0.05) is 35.8 Å². The van der Waals surface area contributed by atoms with Gasteiger partial charge in [0.1, 0.15) is 5.60 Å². The fraction of sp³-hybridized carbons (Fsp3) is 0.280. The quantitative estimate of drug-likeness (QED) is 0.343. The lowest BCUT2D eigenvalue weighted by atomic mass is 10.1. The second kappa shape index (κ2) is 9.30. The number of hydrogen-bond donors (Lipinski definition) is 2. The number of pyridine rings is 1. The number of fused-ring (bicyclic) bond motifs is 2. The molecule has 0 saturated carbocycles. The molecule has 0 spiro atoms. The Morgan fingerprint density at radius 1 is 1.06 bits per heavy atom. The van der Waals surface area contributed by atoms with Crippen molar-refractivity contribution in [1.29, 1.82) is 0 Å². The number of aliphatic hydroxyl groups excluding tert-OH is 1. The molecule has 4 rings (SSSR count). The number of hydrogen-bond acceptors (Lipinski definition) is 4. The van der Waals surface area contributed by atoms with E-state index in [4.69, 9.17) is 4.74 Å². The van der Waals surface area contributed by atoms with E-state index in [2.05, 4.69) is 20.9 Å². The summed E-state index contributed by atoms with van der Waals surface area (Å²) in [6, 6.07) is 14.4. The molecule has 0 radical (unpaired) electrons. The number of ether oxygens (including phenoxy) is 1. The molecule has 7 heteroatoms. The predicted molar refractivity (Wildman–Crippen MR) is 132 cm³/mol. The molecule has 0 bridgehead atoms. The number of aromatic amines is 1. The highest BCUT2D eigenvalue weighted by molar-refractivity contribution is 9.10. The Kier molecular flexibility index (Phi) is 6.91. The number of H-pyrrole nitrogens is 1. The Morgan fingerprint density at radius 2 is 1.78 bits per heavy atom. The van der Waals surface area contributed by atoms with Crippen LogP contribution in [0, 0.1) is 0 Å². The minimum absolute atomic E-state index is 0.118. The normalized spacial score (nSPS) is 11.3. The fourth-order valence-electron chi connectivity index (χ4n) is 3.43. The first-order chi connectivity index (χ1) is 15.2. The SMILES string of the molecule is CC.CC(C)(C)OC(=O)n1c(-c2cc3cc(Br)ccc3[nH]c2=O)cc2cc(CO)ccc21. The van der Waals surface area contributed by atoms with Crippen molar-refractivity contribution in [3.63, 3.8) is 0 Å². The van der Waals surface area contributed by atoms with Gasteiger partial charge in [0.25, 0.3) is 5.56 Å². The van der Waals surface area contributed by atoms with Crippen LogP contribution in [0.25, 0.3) is 33.1 Å². The lowest BCUT2D eigenvalue weighted by molar-refractivity contribution is 0.0547. The van der Waals surface area contributed by atoms with E-state index in [0.717, 1.165) is 15.2 Å². The molecule has 32 heavy (non-hydrogen) atoms. The van der Waals surface area contributed by atoms with Crippen LogP contribution in [-0.2, 0) is 11.3 Å². The van der Waals surface area contributed by atoms with Crippen LogP contribution in [0.15, 0.2) is 57.8 Å². The highest BCUT2D eigenvalue weighted by Gasteiger charge is 2.24. The molecule has 6 nitrogen and oxygen atoms in total. The molecule has 2 aromatic heterocycles.